The number of nitrogens with two attached hydrogens (primary N) is 1. The van der Waals surface area contributed by atoms with Gasteiger partial charge >= 0.3 is 0 Å². The van der Waals surface area contributed by atoms with Gasteiger partial charge in [0.1, 0.15) is 5.82 Å². The molecule has 3 heteroatoms. The Balaban J connectivity index is 2.39. The van der Waals surface area contributed by atoms with Crippen LogP contribution in [0, 0.1) is 5.82 Å². The van der Waals surface area contributed by atoms with Crippen LogP contribution in [0.1, 0.15) is 18.0 Å². The maximum atomic E-state index is 13.2. The molecule has 2 nitrogen and oxygen atoms in total. The minimum absolute atomic E-state index is 0.131. The van der Waals surface area contributed by atoms with Crippen LogP contribution in [0.3, 0.4) is 0 Å². The third-order valence-corrected chi connectivity index (χ3v) is 2.26. The molecule has 0 bridgehead atoms. The van der Waals surface area contributed by atoms with E-state index in [9.17, 15) is 4.39 Å². The van der Waals surface area contributed by atoms with Crippen molar-refractivity contribution in [2.24, 2.45) is 0 Å². The Bertz CT molecular complexity index is 274. The molecule has 1 saturated heterocycles. The van der Waals surface area contributed by atoms with E-state index >= 15 is 0 Å². The van der Waals surface area contributed by atoms with Crippen molar-refractivity contribution in [3.63, 3.8) is 0 Å². The molecule has 0 aromatic heterocycles. The van der Waals surface area contributed by atoms with Gasteiger partial charge in [-0.2, -0.15) is 0 Å². The largest absolute Gasteiger partial charge is 0.398 e. The first-order valence-corrected chi connectivity index (χ1v) is 4.06. The van der Waals surface area contributed by atoms with E-state index in [1.807, 2.05) is 0 Å². The van der Waals surface area contributed by atoms with Crippen LogP contribution in [0.4, 0.5) is 10.1 Å². The van der Waals surface area contributed by atoms with E-state index in [1.165, 1.54) is 6.07 Å². The van der Waals surface area contributed by atoms with Gasteiger partial charge in [-0.05, 0) is 25.1 Å². The molecule has 1 atom stereocenters. The highest BCUT2D eigenvalue weighted by atomic mass is 19.1. The number of anilines is 1. The van der Waals surface area contributed by atoms with Crippen molar-refractivity contribution >= 4 is 5.69 Å². The van der Waals surface area contributed by atoms with Gasteiger partial charge in [-0.3, -0.25) is 0 Å². The first kappa shape index (κ1) is 7.55. The van der Waals surface area contributed by atoms with Crippen molar-refractivity contribution in [1.82, 2.24) is 5.32 Å². The summed E-state index contributed by atoms with van der Waals surface area (Å²) in [5.41, 5.74) is 6.83. The lowest BCUT2D eigenvalue weighted by atomic mass is 9.96. The van der Waals surface area contributed by atoms with E-state index in [0.29, 0.717) is 11.3 Å². The van der Waals surface area contributed by atoms with Gasteiger partial charge in [0.05, 0.1) is 0 Å². The van der Waals surface area contributed by atoms with E-state index in [1.54, 1.807) is 12.1 Å². The predicted molar refractivity (Wildman–Crippen MR) is 46.2 cm³/mol. The second kappa shape index (κ2) is 2.75. The maximum Gasteiger partial charge on any atom is 0.130 e. The van der Waals surface area contributed by atoms with Gasteiger partial charge in [0.2, 0.25) is 0 Å². The summed E-state index contributed by atoms with van der Waals surface area (Å²) in [5, 5.41) is 3.12. The molecule has 1 heterocycles. The molecule has 1 fully saturated rings. The number of hydrogen-bond donors (Lipinski definition) is 2. The average Bonchev–Trinajstić information content (AvgIpc) is 1.93. The molecule has 3 N–H and O–H groups in total. The maximum absolute atomic E-state index is 13.2. The molecule has 0 amide bonds. The number of nitrogen functional groups attached to an aromatic ring is 1. The quantitative estimate of drug-likeness (QED) is 0.619. The zero-order valence-corrected chi connectivity index (χ0v) is 6.68. The number of halogens is 1. The Hall–Kier alpha value is -1.09. The Morgan fingerprint density at radius 2 is 2.25 bits per heavy atom. The summed E-state index contributed by atoms with van der Waals surface area (Å²) in [5.74, 6) is -0.202. The molecule has 1 aromatic rings. The van der Waals surface area contributed by atoms with Crippen molar-refractivity contribution in [3.8, 4) is 0 Å². The fraction of sp³-hybridized carbons (Fsp3) is 0.333. The van der Waals surface area contributed by atoms with Crippen LogP contribution < -0.4 is 11.1 Å². The van der Waals surface area contributed by atoms with Gasteiger partial charge in [-0.25, -0.2) is 4.39 Å². The van der Waals surface area contributed by atoms with Gasteiger partial charge in [0, 0.05) is 17.3 Å². The van der Waals surface area contributed by atoms with E-state index in [-0.39, 0.29) is 11.9 Å². The third-order valence-electron chi connectivity index (χ3n) is 2.26. The van der Waals surface area contributed by atoms with E-state index < -0.39 is 0 Å². The number of benzene rings is 1. The highest BCUT2D eigenvalue weighted by Crippen LogP contribution is 2.29. The minimum Gasteiger partial charge on any atom is -0.398 e. The standard InChI is InChI=1S/C9H11FN2/c10-6-2-1-3-7(11)9(6)8-4-5-12-8/h1-3,8,12H,4-5,11H2/t8-/m0/s1. The molecular formula is C9H11FN2. The zero-order valence-electron chi connectivity index (χ0n) is 6.68. The van der Waals surface area contributed by atoms with E-state index in [2.05, 4.69) is 5.32 Å². The minimum atomic E-state index is -0.202. The smallest absolute Gasteiger partial charge is 0.130 e. The van der Waals surface area contributed by atoms with Crippen molar-refractivity contribution in [1.29, 1.82) is 0 Å². The van der Waals surface area contributed by atoms with Gasteiger partial charge in [0.25, 0.3) is 0 Å². The molecule has 0 spiro atoms. The lowest BCUT2D eigenvalue weighted by Crippen LogP contribution is -2.36. The summed E-state index contributed by atoms with van der Waals surface area (Å²) in [4.78, 5) is 0. The van der Waals surface area contributed by atoms with Crippen LogP contribution in [0.2, 0.25) is 0 Å². The van der Waals surface area contributed by atoms with Crippen LogP contribution in [-0.2, 0) is 0 Å². The van der Waals surface area contributed by atoms with Crippen LogP contribution in [0.15, 0.2) is 18.2 Å². The third kappa shape index (κ3) is 1.06. The second-order valence-corrected chi connectivity index (χ2v) is 3.04. The molecule has 1 aromatic carbocycles. The molecule has 1 aliphatic rings. The molecule has 1 aliphatic heterocycles. The molecule has 0 unspecified atom stereocenters. The van der Waals surface area contributed by atoms with Crippen LogP contribution in [-0.4, -0.2) is 6.54 Å². The number of rotatable bonds is 1. The first-order valence-electron chi connectivity index (χ1n) is 4.06. The van der Waals surface area contributed by atoms with Crippen molar-refractivity contribution in [2.45, 2.75) is 12.5 Å². The van der Waals surface area contributed by atoms with E-state index in [4.69, 9.17) is 5.73 Å². The summed E-state index contributed by atoms with van der Waals surface area (Å²) < 4.78 is 13.2. The van der Waals surface area contributed by atoms with Gasteiger partial charge in [-0.1, -0.05) is 6.07 Å². The molecule has 0 saturated carbocycles. The lowest BCUT2D eigenvalue weighted by molar-refractivity contribution is 0.371. The zero-order chi connectivity index (χ0) is 8.55. The van der Waals surface area contributed by atoms with Gasteiger partial charge in [0.15, 0.2) is 0 Å². The summed E-state index contributed by atoms with van der Waals surface area (Å²) in [6, 6.07) is 4.95. The molecule has 2 rings (SSSR count). The molecule has 0 radical (unpaired) electrons. The highest BCUT2D eigenvalue weighted by molar-refractivity contribution is 5.49. The summed E-state index contributed by atoms with van der Waals surface area (Å²) >= 11 is 0. The SMILES string of the molecule is Nc1cccc(F)c1[C@@H]1CCN1. The Labute approximate surface area is 70.6 Å². The average molecular weight is 166 g/mol. The van der Waals surface area contributed by atoms with E-state index in [0.717, 1.165) is 13.0 Å². The normalized spacial score (nSPS) is 21.9. The van der Waals surface area contributed by atoms with Crippen LogP contribution >= 0.6 is 0 Å². The second-order valence-electron chi connectivity index (χ2n) is 3.04. The Morgan fingerprint density at radius 3 is 2.75 bits per heavy atom. The van der Waals surface area contributed by atoms with Crippen molar-refractivity contribution in [2.75, 3.05) is 12.3 Å². The summed E-state index contributed by atoms with van der Waals surface area (Å²) in [6.45, 7) is 0.957. The summed E-state index contributed by atoms with van der Waals surface area (Å²) in [6.07, 6.45) is 0.977. The summed E-state index contributed by atoms with van der Waals surface area (Å²) in [7, 11) is 0. The van der Waals surface area contributed by atoms with Gasteiger partial charge in [-0.15, -0.1) is 0 Å². The molecule has 0 aliphatic carbocycles. The first-order chi connectivity index (χ1) is 5.79. The van der Waals surface area contributed by atoms with Gasteiger partial charge < -0.3 is 11.1 Å². The lowest BCUT2D eigenvalue weighted by Gasteiger charge is -2.29. The Kier molecular flexibility index (Phi) is 1.73. The predicted octanol–water partition coefficient (Wildman–Crippen LogP) is 1.44. The number of nitrogens with one attached hydrogen (secondary N) is 1. The fourth-order valence-corrected chi connectivity index (χ4v) is 1.46. The molecule has 12 heavy (non-hydrogen) atoms. The van der Waals surface area contributed by atoms with Crippen LogP contribution in [0.25, 0.3) is 0 Å². The Morgan fingerprint density at radius 1 is 1.50 bits per heavy atom. The fourth-order valence-electron chi connectivity index (χ4n) is 1.46. The topological polar surface area (TPSA) is 38.0 Å². The monoisotopic (exact) mass is 166 g/mol. The molecule has 64 valence electrons. The van der Waals surface area contributed by atoms with Crippen molar-refractivity contribution in [3.05, 3.63) is 29.6 Å². The number of hydrogen-bond acceptors (Lipinski definition) is 2. The highest BCUT2D eigenvalue weighted by Gasteiger charge is 2.23. The van der Waals surface area contributed by atoms with Crippen LogP contribution in [0.5, 0.6) is 0 Å². The molecular weight excluding hydrogens is 155 g/mol. The van der Waals surface area contributed by atoms with Crippen molar-refractivity contribution < 1.29 is 4.39 Å².